The summed E-state index contributed by atoms with van der Waals surface area (Å²) in [5.74, 6) is 0.910. The lowest BCUT2D eigenvalue weighted by Gasteiger charge is -2.22. The monoisotopic (exact) mass is 201 g/mol. The SMILES string of the molecule is COc1cncc2c1C=CC21CCCC1. The van der Waals surface area contributed by atoms with E-state index in [0.717, 1.165) is 5.75 Å². The quantitative estimate of drug-likeness (QED) is 0.697. The van der Waals surface area contributed by atoms with Crippen LogP contribution in [0.4, 0.5) is 0 Å². The minimum atomic E-state index is 0.289. The third kappa shape index (κ3) is 1.14. The maximum absolute atomic E-state index is 5.35. The van der Waals surface area contributed by atoms with Gasteiger partial charge >= 0.3 is 0 Å². The maximum Gasteiger partial charge on any atom is 0.144 e. The average Bonchev–Trinajstić information content (AvgIpc) is 2.89. The first-order valence-electron chi connectivity index (χ1n) is 5.57. The molecule has 2 aliphatic rings. The summed E-state index contributed by atoms with van der Waals surface area (Å²) in [6.07, 6.45) is 13.6. The second kappa shape index (κ2) is 3.09. The Kier molecular flexibility index (Phi) is 1.84. The summed E-state index contributed by atoms with van der Waals surface area (Å²) in [5, 5.41) is 0. The number of allylic oxidation sites excluding steroid dienone is 1. The molecule has 1 saturated carbocycles. The molecule has 1 aromatic rings. The van der Waals surface area contributed by atoms with Crippen LogP contribution < -0.4 is 4.74 Å². The number of nitrogens with zero attached hydrogens (tertiary/aromatic N) is 1. The summed E-state index contributed by atoms with van der Waals surface area (Å²) in [6, 6.07) is 0. The molecule has 0 amide bonds. The molecule has 0 atom stereocenters. The highest BCUT2D eigenvalue weighted by atomic mass is 16.5. The molecule has 78 valence electrons. The summed E-state index contributed by atoms with van der Waals surface area (Å²) in [5.41, 5.74) is 2.91. The molecule has 0 radical (unpaired) electrons. The van der Waals surface area contributed by atoms with E-state index in [1.54, 1.807) is 13.3 Å². The molecular formula is C13H15NO. The lowest BCUT2D eigenvalue weighted by molar-refractivity contribution is 0.410. The van der Waals surface area contributed by atoms with E-state index in [2.05, 4.69) is 17.1 Å². The molecule has 2 nitrogen and oxygen atoms in total. The number of pyridine rings is 1. The lowest BCUT2D eigenvalue weighted by Crippen LogP contribution is -2.16. The van der Waals surface area contributed by atoms with Gasteiger partial charge in [-0.3, -0.25) is 4.98 Å². The number of fused-ring (bicyclic) bond motifs is 2. The zero-order valence-electron chi connectivity index (χ0n) is 8.99. The van der Waals surface area contributed by atoms with Crippen LogP contribution in [0.15, 0.2) is 18.5 Å². The van der Waals surface area contributed by atoms with Gasteiger partial charge in [-0.05, 0) is 18.4 Å². The summed E-state index contributed by atoms with van der Waals surface area (Å²) >= 11 is 0. The largest absolute Gasteiger partial charge is 0.495 e. The van der Waals surface area contributed by atoms with Crippen LogP contribution in [0, 0.1) is 0 Å². The van der Waals surface area contributed by atoms with E-state index in [-0.39, 0.29) is 5.41 Å². The minimum absolute atomic E-state index is 0.289. The first-order valence-corrected chi connectivity index (χ1v) is 5.57. The third-order valence-electron chi connectivity index (χ3n) is 3.77. The molecule has 1 heterocycles. The zero-order valence-corrected chi connectivity index (χ0v) is 8.99. The maximum atomic E-state index is 5.35. The van der Waals surface area contributed by atoms with Gasteiger partial charge in [-0.1, -0.05) is 25.0 Å². The number of ether oxygens (including phenoxy) is 1. The minimum Gasteiger partial charge on any atom is -0.495 e. The smallest absolute Gasteiger partial charge is 0.144 e. The predicted molar refractivity (Wildman–Crippen MR) is 60.0 cm³/mol. The molecule has 0 saturated heterocycles. The highest BCUT2D eigenvalue weighted by molar-refractivity contribution is 5.69. The van der Waals surface area contributed by atoms with Gasteiger partial charge in [0.25, 0.3) is 0 Å². The van der Waals surface area contributed by atoms with Gasteiger partial charge in [0.15, 0.2) is 0 Å². The fourth-order valence-electron chi connectivity index (χ4n) is 2.96. The topological polar surface area (TPSA) is 22.1 Å². The number of aromatic nitrogens is 1. The second-order valence-corrected chi connectivity index (χ2v) is 4.50. The van der Waals surface area contributed by atoms with Crippen LogP contribution in [-0.4, -0.2) is 12.1 Å². The van der Waals surface area contributed by atoms with Crippen LogP contribution in [0.5, 0.6) is 5.75 Å². The van der Waals surface area contributed by atoms with E-state index in [1.807, 2.05) is 6.20 Å². The first-order chi connectivity index (χ1) is 7.36. The molecule has 0 bridgehead atoms. The molecule has 1 fully saturated rings. The van der Waals surface area contributed by atoms with Gasteiger partial charge in [-0.2, -0.15) is 0 Å². The van der Waals surface area contributed by atoms with Crippen LogP contribution in [0.2, 0.25) is 0 Å². The van der Waals surface area contributed by atoms with E-state index in [9.17, 15) is 0 Å². The fraction of sp³-hybridized carbons (Fsp3) is 0.462. The van der Waals surface area contributed by atoms with Crippen molar-refractivity contribution in [2.24, 2.45) is 0 Å². The summed E-state index contributed by atoms with van der Waals surface area (Å²) < 4.78 is 5.35. The Morgan fingerprint density at radius 1 is 1.27 bits per heavy atom. The number of methoxy groups -OCH3 is 1. The van der Waals surface area contributed by atoms with Gasteiger partial charge in [-0.15, -0.1) is 0 Å². The number of rotatable bonds is 1. The van der Waals surface area contributed by atoms with Crippen molar-refractivity contribution in [2.45, 2.75) is 31.1 Å². The van der Waals surface area contributed by atoms with E-state index in [1.165, 1.54) is 36.8 Å². The van der Waals surface area contributed by atoms with Crippen molar-refractivity contribution < 1.29 is 4.74 Å². The molecule has 0 N–H and O–H groups in total. The summed E-state index contributed by atoms with van der Waals surface area (Å²) in [6.45, 7) is 0. The summed E-state index contributed by atoms with van der Waals surface area (Å²) in [7, 11) is 1.71. The highest BCUT2D eigenvalue weighted by Gasteiger charge is 2.38. The van der Waals surface area contributed by atoms with Crippen molar-refractivity contribution in [1.82, 2.24) is 4.98 Å². The molecule has 3 rings (SSSR count). The van der Waals surface area contributed by atoms with Gasteiger partial charge in [0, 0.05) is 17.2 Å². The van der Waals surface area contributed by atoms with Crippen LogP contribution in [0.3, 0.4) is 0 Å². The molecular weight excluding hydrogens is 186 g/mol. The zero-order chi connectivity index (χ0) is 10.3. The molecule has 2 heteroatoms. The molecule has 1 aromatic heterocycles. The van der Waals surface area contributed by atoms with Crippen molar-refractivity contribution in [3.05, 3.63) is 29.6 Å². The van der Waals surface area contributed by atoms with Gasteiger partial charge in [0.1, 0.15) is 5.75 Å². The Hall–Kier alpha value is -1.31. The van der Waals surface area contributed by atoms with Crippen LogP contribution in [0.25, 0.3) is 6.08 Å². The standard InChI is InChI=1S/C13H15NO/c1-15-12-9-14-8-11-10(12)4-7-13(11)5-2-3-6-13/h4,7-9H,2-3,5-6H2,1H3. The van der Waals surface area contributed by atoms with Crippen molar-refractivity contribution in [3.63, 3.8) is 0 Å². The molecule has 0 aliphatic heterocycles. The van der Waals surface area contributed by atoms with Crippen molar-refractivity contribution in [1.29, 1.82) is 0 Å². The Labute approximate surface area is 90.0 Å². The highest BCUT2D eigenvalue weighted by Crippen LogP contribution is 2.49. The molecule has 15 heavy (non-hydrogen) atoms. The second-order valence-electron chi connectivity index (χ2n) is 4.50. The molecule has 2 aliphatic carbocycles. The first kappa shape index (κ1) is 8.96. The fourth-order valence-corrected chi connectivity index (χ4v) is 2.96. The number of hydrogen-bond donors (Lipinski definition) is 0. The van der Waals surface area contributed by atoms with Gasteiger partial charge in [0.2, 0.25) is 0 Å². The Morgan fingerprint density at radius 2 is 2.07 bits per heavy atom. The van der Waals surface area contributed by atoms with Crippen molar-refractivity contribution in [2.75, 3.05) is 7.11 Å². The van der Waals surface area contributed by atoms with E-state index >= 15 is 0 Å². The van der Waals surface area contributed by atoms with E-state index < -0.39 is 0 Å². The van der Waals surface area contributed by atoms with Gasteiger partial charge < -0.3 is 4.74 Å². The van der Waals surface area contributed by atoms with Crippen molar-refractivity contribution in [3.8, 4) is 5.75 Å². The molecule has 0 aromatic carbocycles. The van der Waals surface area contributed by atoms with Crippen LogP contribution in [0.1, 0.15) is 36.8 Å². The third-order valence-corrected chi connectivity index (χ3v) is 3.77. The Balaban J connectivity index is 2.14. The Morgan fingerprint density at radius 3 is 2.80 bits per heavy atom. The van der Waals surface area contributed by atoms with Gasteiger partial charge in [-0.25, -0.2) is 0 Å². The van der Waals surface area contributed by atoms with E-state index in [0.29, 0.717) is 0 Å². The molecule has 1 spiro atoms. The van der Waals surface area contributed by atoms with Crippen molar-refractivity contribution >= 4 is 6.08 Å². The number of hydrogen-bond acceptors (Lipinski definition) is 2. The van der Waals surface area contributed by atoms with Gasteiger partial charge in [0.05, 0.1) is 13.3 Å². The van der Waals surface area contributed by atoms with Crippen LogP contribution >= 0.6 is 0 Å². The normalized spacial score (nSPS) is 20.9. The predicted octanol–water partition coefficient (Wildman–Crippen LogP) is 2.93. The Bertz CT molecular complexity index is 417. The molecule has 0 unspecified atom stereocenters. The van der Waals surface area contributed by atoms with Crippen LogP contribution in [-0.2, 0) is 5.41 Å². The average molecular weight is 201 g/mol. The lowest BCUT2D eigenvalue weighted by atomic mass is 9.82. The van der Waals surface area contributed by atoms with E-state index in [4.69, 9.17) is 4.74 Å². The summed E-state index contributed by atoms with van der Waals surface area (Å²) in [4.78, 5) is 4.28.